The average Bonchev–Trinajstić information content (AvgIpc) is 2.50. The number of nitrogens with zero attached hydrogens (tertiary/aromatic N) is 1. The lowest BCUT2D eigenvalue weighted by atomic mass is 10.2. The smallest absolute Gasteiger partial charge is 0.481 e. The van der Waals surface area contributed by atoms with Crippen molar-refractivity contribution in [2.75, 3.05) is 11.4 Å². The Hall–Kier alpha value is -1.92. The minimum atomic E-state index is -2.87. The van der Waals surface area contributed by atoms with Crippen molar-refractivity contribution in [3.8, 4) is 0 Å². The van der Waals surface area contributed by atoms with E-state index in [9.17, 15) is 4.79 Å². The van der Waals surface area contributed by atoms with Crippen LogP contribution in [0.25, 0.3) is 0 Å². The molecule has 3 N–H and O–H groups in total. The van der Waals surface area contributed by atoms with Gasteiger partial charge in [0.05, 0.1) is 17.8 Å². The van der Waals surface area contributed by atoms with Gasteiger partial charge in [0.1, 0.15) is 0 Å². The number of benzene rings is 2. The van der Waals surface area contributed by atoms with Gasteiger partial charge in [0.25, 0.3) is 0 Å². The zero-order valence-corrected chi connectivity index (χ0v) is 13.7. The van der Waals surface area contributed by atoms with Crippen LogP contribution in [0.1, 0.15) is 6.42 Å². The van der Waals surface area contributed by atoms with Gasteiger partial charge in [0.15, 0.2) is 0 Å². The summed E-state index contributed by atoms with van der Waals surface area (Å²) in [5.74, 6) is -0.770. The van der Waals surface area contributed by atoms with Gasteiger partial charge in [0, 0.05) is 20.9 Å². The monoisotopic (exact) mass is 352 g/mol. The Morgan fingerprint density at radius 1 is 1.00 bits per heavy atom. The average molecular weight is 352 g/mol. The molecule has 1 heterocycles. The van der Waals surface area contributed by atoms with Crippen molar-refractivity contribution in [3.63, 3.8) is 0 Å². The van der Waals surface area contributed by atoms with E-state index in [0.717, 1.165) is 11.4 Å². The van der Waals surface area contributed by atoms with Crippen molar-refractivity contribution in [3.05, 3.63) is 48.5 Å². The number of para-hydroxylation sites is 2. The molecular weight excluding hydrogens is 337 g/mol. The van der Waals surface area contributed by atoms with Crippen LogP contribution in [0.3, 0.4) is 0 Å². The summed E-state index contributed by atoms with van der Waals surface area (Å²) in [6, 6.07) is 16.2. The number of carboxylic acids is 1. The first-order valence-electron chi connectivity index (χ1n) is 6.69. The third-order valence-electron chi connectivity index (χ3n) is 3.08. The van der Waals surface area contributed by atoms with Crippen LogP contribution in [0, 0.1) is 0 Å². The molecule has 0 unspecified atom stereocenters. The van der Waals surface area contributed by atoms with E-state index in [1.165, 1.54) is 9.79 Å². The molecule has 0 saturated heterocycles. The number of carbonyl (C=O) groups is 1. The van der Waals surface area contributed by atoms with Crippen LogP contribution >= 0.6 is 20.0 Å². The molecule has 0 amide bonds. The molecule has 2 aromatic carbocycles. The highest BCUT2D eigenvalue weighted by Crippen LogP contribution is 2.47. The van der Waals surface area contributed by atoms with Gasteiger partial charge in [-0.1, -0.05) is 36.0 Å². The Labute approximate surface area is 138 Å². The third kappa shape index (κ3) is 4.77. The summed E-state index contributed by atoms with van der Waals surface area (Å²) >= 11 is 1.73. The van der Waals surface area contributed by atoms with Gasteiger partial charge in [0.2, 0.25) is 0 Å². The molecule has 6 nitrogen and oxygen atoms in total. The van der Waals surface area contributed by atoms with Gasteiger partial charge in [-0.25, -0.2) is 0 Å². The number of anilines is 2. The number of aliphatic carboxylic acids is 1. The van der Waals surface area contributed by atoms with Crippen LogP contribution in [-0.4, -0.2) is 27.4 Å². The van der Waals surface area contributed by atoms with Gasteiger partial charge in [-0.05, 0) is 24.3 Å². The first kappa shape index (κ1) is 17.4. The second kappa shape index (κ2) is 8.08. The molecule has 1 aliphatic heterocycles. The first-order valence-corrected chi connectivity index (χ1v) is 8.67. The lowest BCUT2D eigenvalue weighted by molar-refractivity contribution is -0.136. The zero-order valence-electron chi connectivity index (χ0n) is 12.0. The number of hydrogen-bond acceptors (Lipinski definition) is 4. The summed E-state index contributed by atoms with van der Waals surface area (Å²) in [6.07, 6.45) is 0.132. The fourth-order valence-electron chi connectivity index (χ4n) is 2.23. The number of hydrogen-bond donors (Lipinski definition) is 3. The molecule has 23 heavy (non-hydrogen) atoms. The maximum atomic E-state index is 10.8. The van der Waals surface area contributed by atoms with Crippen LogP contribution in [-0.2, 0) is 9.36 Å². The minimum absolute atomic E-state index is 0.132. The van der Waals surface area contributed by atoms with Crippen molar-refractivity contribution >= 4 is 37.4 Å². The van der Waals surface area contributed by atoms with E-state index in [1.807, 2.05) is 36.4 Å². The lowest BCUT2D eigenvalue weighted by Gasteiger charge is -2.32. The van der Waals surface area contributed by atoms with Gasteiger partial charge in [-0.2, -0.15) is 0 Å². The lowest BCUT2D eigenvalue weighted by Crippen LogP contribution is -2.23. The second-order valence-electron chi connectivity index (χ2n) is 4.59. The summed E-state index contributed by atoms with van der Waals surface area (Å²) in [4.78, 5) is 29.5. The topological polar surface area (TPSA) is 98.1 Å². The Bertz CT molecular complexity index is 675. The molecule has 0 atom stereocenters. The molecule has 0 saturated carbocycles. The predicted octanol–water partition coefficient (Wildman–Crippen LogP) is 3.39. The number of rotatable bonds is 3. The maximum Gasteiger partial charge on any atom is 0.692 e. The van der Waals surface area contributed by atoms with Crippen molar-refractivity contribution < 1.29 is 24.3 Å². The normalized spacial score (nSPS) is 11.7. The molecule has 3 rings (SSSR count). The highest BCUT2D eigenvalue weighted by atomic mass is 32.2. The van der Waals surface area contributed by atoms with E-state index < -0.39 is 14.2 Å². The molecule has 0 bridgehead atoms. The maximum absolute atomic E-state index is 10.8. The molecule has 2 aromatic rings. The summed E-state index contributed by atoms with van der Waals surface area (Å²) in [5.41, 5.74) is 2.18. The Morgan fingerprint density at radius 2 is 1.43 bits per heavy atom. The van der Waals surface area contributed by atoms with E-state index in [2.05, 4.69) is 17.0 Å². The minimum Gasteiger partial charge on any atom is -0.481 e. The highest BCUT2D eigenvalue weighted by Gasteiger charge is 2.22. The quantitative estimate of drug-likeness (QED) is 0.728. The summed E-state index contributed by atoms with van der Waals surface area (Å²) < 4.78 is 8.70. The Balaban J connectivity index is 0.000000433. The van der Waals surface area contributed by atoms with Gasteiger partial charge in [-0.15, -0.1) is 9.79 Å². The Kier molecular flexibility index (Phi) is 6.12. The van der Waals surface area contributed by atoms with Crippen molar-refractivity contribution in [1.82, 2.24) is 0 Å². The molecular formula is C15H15NO5PS+. The van der Waals surface area contributed by atoms with Crippen LogP contribution in [0.4, 0.5) is 11.4 Å². The molecule has 120 valence electrons. The molecule has 0 radical (unpaired) electrons. The van der Waals surface area contributed by atoms with Gasteiger partial charge >= 0.3 is 14.2 Å². The van der Waals surface area contributed by atoms with Gasteiger partial charge < -0.3 is 10.0 Å². The summed E-state index contributed by atoms with van der Waals surface area (Å²) in [6.45, 7) is 0.490. The highest BCUT2D eigenvalue weighted by molar-refractivity contribution is 7.99. The molecule has 0 aliphatic carbocycles. The molecule has 0 aromatic heterocycles. The summed E-state index contributed by atoms with van der Waals surface area (Å²) in [5, 5.41) is 8.91. The zero-order chi connectivity index (χ0) is 16.8. The second-order valence-corrected chi connectivity index (χ2v) is 6.17. The Morgan fingerprint density at radius 3 is 1.87 bits per heavy atom. The predicted molar refractivity (Wildman–Crippen MR) is 88.3 cm³/mol. The van der Waals surface area contributed by atoms with Crippen LogP contribution < -0.4 is 4.90 Å². The molecule has 1 aliphatic rings. The van der Waals surface area contributed by atoms with Gasteiger partial charge in [-0.3, -0.25) is 4.79 Å². The molecule has 8 heteroatoms. The van der Waals surface area contributed by atoms with Crippen molar-refractivity contribution in [2.24, 2.45) is 0 Å². The van der Waals surface area contributed by atoms with Crippen molar-refractivity contribution in [2.45, 2.75) is 16.2 Å². The van der Waals surface area contributed by atoms with E-state index in [0.29, 0.717) is 6.54 Å². The van der Waals surface area contributed by atoms with E-state index in [-0.39, 0.29) is 6.42 Å². The summed E-state index contributed by atoms with van der Waals surface area (Å²) in [7, 11) is -2.87. The van der Waals surface area contributed by atoms with E-state index >= 15 is 0 Å². The number of fused-ring (bicyclic) bond motifs is 2. The fraction of sp³-hybridized carbons (Fsp3) is 0.133. The third-order valence-corrected chi connectivity index (χ3v) is 4.21. The van der Waals surface area contributed by atoms with Crippen LogP contribution in [0.5, 0.6) is 0 Å². The molecule has 0 fully saturated rings. The van der Waals surface area contributed by atoms with E-state index in [1.54, 1.807) is 11.8 Å². The standard InChI is InChI=1S/C15H13NO2S.HO3P/c17-15(18)9-10-16-11-5-1-3-7-13(11)19-14-8-4-2-6-12(14)16;1-4(2)3/h1-8H,9-10H2,(H,17,18);(H-,1,2,3)/p+1. The number of carboxylic acid groups (broad SMARTS) is 1. The largest absolute Gasteiger partial charge is 0.692 e. The molecule has 0 spiro atoms. The fourth-order valence-corrected chi connectivity index (χ4v) is 3.33. The SMILES string of the molecule is O=C(O)CCN1c2ccccc2Sc2ccccc21.O=[P+](O)O. The van der Waals surface area contributed by atoms with E-state index in [4.69, 9.17) is 19.5 Å². The van der Waals surface area contributed by atoms with Crippen LogP contribution in [0.2, 0.25) is 0 Å². The van der Waals surface area contributed by atoms with Crippen molar-refractivity contribution in [1.29, 1.82) is 0 Å². The first-order chi connectivity index (χ1) is 11.0. The van der Waals surface area contributed by atoms with Crippen LogP contribution in [0.15, 0.2) is 58.3 Å².